The lowest BCUT2D eigenvalue weighted by atomic mass is 10.2. The Hall–Kier alpha value is -1.18. The molecule has 1 atom stereocenters. The highest BCUT2D eigenvalue weighted by atomic mass is 14.8. The molecule has 0 unspecified atom stereocenters. The molecule has 0 radical (unpaired) electrons. The van der Waals surface area contributed by atoms with Gasteiger partial charge in [-0.25, -0.2) is 0 Å². The molecule has 0 aliphatic rings. The zero-order chi connectivity index (χ0) is 7.40. The molecule has 1 aromatic rings. The van der Waals surface area contributed by atoms with Gasteiger partial charge >= 0.3 is 0 Å². The maximum Gasteiger partial charge on any atom is 0.0884 e. The fourth-order valence-electron chi connectivity index (χ4n) is 0.717. The monoisotopic (exact) mass is 134 g/mol. The maximum atomic E-state index is 4.12. The Kier molecular flexibility index (Phi) is 2.15. The van der Waals surface area contributed by atoms with E-state index in [2.05, 4.69) is 16.7 Å². The highest BCUT2D eigenvalue weighted by Crippen LogP contribution is 2.10. The SMILES string of the molecule is C=N[C@@H](C)c1ccccn1. The summed E-state index contributed by atoms with van der Waals surface area (Å²) >= 11 is 0. The molecule has 52 valence electrons. The Morgan fingerprint density at radius 1 is 1.60 bits per heavy atom. The fraction of sp³-hybridized carbons (Fsp3) is 0.250. The van der Waals surface area contributed by atoms with Gasteiger partial charge in [-0.3, -0.25) is 9.98 Å². The third kappa shape index (κ3) is 1.41. The molecule has 2 nitrogen and oxygen atoms in total. The predicted molar refractivity (Wildman–Crippen MR) is 42.2 cm³/mol. The van der Waals surface area contributed by atoms with Crippen LogP contribution in [0, 0.1) is 0 Å². The van der Waals surface area contributed by atoms with Crippen molar-refractivity contribution in [1.29, 1.82) is 0 Å². The largest absolute Gasteiger partial charge is 0.292 e. The Morgan fingerprint density at radius 3 is 2.90 bits per heavy atom. The lowest BCUT2D eigenvalue weighted by molar-refractivity contribution is 0.790. The van der Waals surface area contributed by atoms with E-state index in [1.807, 2.05) is 25.1 Å². The summed E-state index contributed by atoms with van der Waals surface area (Å²) in [4.78, 5) is 7.96. The second-order valence-corrected chi connectivity index (χ2v) is 2.11. The molecule has 0 saturated carbocycles. The molecule has 1 aromatic heterocycles. The van der Waals surface area contributed by atoms with Crippen molar-refractivity contribution in [3.05, 3.63) is 30.1 Å². The van der Waals surface area contributed by atoms with Gasteiger partial charge in [-0.15, -0.1) is 0 Å². The van der Waals surface area contributed by atoms with Crippen LogP contribution in [-0.4, -0.2) is 11.7 Å². The van der Waals surface area contributed by atoms with Gasteiger partial charge in [-0.2, -0.15) is 0 Å². The minimum Gasteiger partial charge on any atom is -0.292 e. The molecule has 0 bridgehead atoms. The van der Waals surface area contributed by atoms with Gasteiger partial charge < -0.3 is 0 Å². The van der Waals surface area contributed by atoms with Gasteiger partial charge in [-0.1, -0.05) is 6.07 Å². The van der Waals surface area contributed by atoms with Crippen LogP contribution >= 0.6 is 0 Å². The molecule has 0 N–H and O–H groups in total. The van der Waals surface area contributed by atoms with Crippen molar-refractivity contribution in [3.63, 3.8) is 0 Å². The Morgan fingerprint density at radius 2 is 2.40 bits per heavy atom. The van der Waals surface area contributed by atoms with Crippen molar-refractivity contribution in [2.24, 2.45) is 4.99 Å². The third-order valence-electron chi connectivity index (χ3n) is 1.39. The van der Waals surface area contributed by atoms with Crippen molar-refractivity contribution in [2.45, 2.75) is 13.0 Å². The Bertz CT molecular complexity index is 206. The summed E-state index contributed by atoms with van der Waals surface area (Å²) in [7, 11) is 0. The molecule has 10 heavy (non-hydrogen) atoms. The summed E-state index contributed by atoms with van der Waals surface area (Å²) in [6.07, 6.45) is 1.76. The standard InChI is InChI=1S/C8H10N2/c1-7(9-2)8-5-3-4-6-10-8/h3-7H,2H2,1H3/t7-/m0/s1. The smallest absolute Gasteiger partial charge is 0.0884 e. The number of aliphatic imine (C=N–C) groups is 1. The van der Waals surface area contributed by atoms with Gasteiger partial charge in [0.1, 0.15) is 0 Å². The van der Waals surface area contributed by atoms with Crippen LogP contribution in [0.3, 0.4) is 0 Å². The van der Waals surface area contributed by atoms with Crippen LogP contribution in [0.4, 0.5) is 0 Å². The van der Waals surface area contributed by atoms with Crippen molar-refractivity contribution in [1.82, 2.24) is 4.98 Å². The first kappa shape index (κ1) is 6.93. The van der Waals surface area contributed by atoms with E-state index in [1.54, 1.807) is 6.20 Å². The highest BCUT2D eigenvalue weighted by molar-refractivity contribution is 5.25. The first-order valence-electron chi connectivity index (χ1n) is 3.21. The van der Waals surface area contributed by atoms with Crippen LogP contribution in [0.15, 0.2) is 29.4 Å². The summed E-state index contributed by atoms with van der Waals surface area (Å²) in [5.41, 5.74) is 0.970. The second-order valence-electron chi connectivity index (χ2n) is 2.11. The quantitative estimate of drug-likeness (QED) is 0.566. The number of hydrogen-bond acceptors (Lipinski definition) is 2. The van der Waals surface area contributed by atoms with Gasteiger partial charge in [0.05, 0.1) is 11.7 Å². The number of pyridine rings is 1. The van der Waals surface area contributed by atoms with Crippen molar-refractivity contribution in [2.75, 3.05) is 0 Å². The van der Waals surface area contributed by atoms with Crippen molar-refractivity contribution < 1.29 is 0 Å². The molecule has 0 amide bonds. The van der Waals surface area contributed by atoms with Crippen LogP contribution in [0.25, 0.3) is 0 Å². The van der Waals surface area contributed by atoms with E-state index in [0.29, 0.717) is 0 Å². The molecular weight excluding hydrogens is 124 g/mol. The third-order valence-corrected chi connectivity index (χ3v) is 1.39. The number of rotatable bonds is 2. The van der Waals surface area contributed by atoms with Gasteiger partial charge in [0.2, 0.25) is 0 Å². The molecular formula is C8H10N2. The molecule has 1 rings (SSSR count). The summed E-state index contributed by atoms with van der Waals surface area (Å²) in [6, 6.07) is 5.89. The van der Waals surface area contributed by atoms with Crippen LogP contribution < -0.4 is 0 Å². The van der Waals surface area contributed by atoms with Crippen LogP contribution in [0.5, 0.6) is 0 Å². The average Bonchev–Trinajstić information content (AvgIpc) is 2.05. The Balaban J connectivity index is 2.84. The second kappa shape index (κ2) is 3.11. The minimum absolute atomic E-state index is 0.112. The van der Waals surface area contributed by atoms with E-state index in [9.17, 15) is 0 Å². The van der Waals surface area contributed by atoms with Gasteiger partial charge in [0.25, 0.3) is 0 Å². The van der Waals surface area contributed by atoms with E-state index in [-0.39, 0.29) is 6.04 Å². The summed E-state index contributed by atoms with van der Waals surface area (Å²) in [5, 5.41) is 0. The number of nitrogens with zero attached hydrogens (tertiary/aromatic N) is 2. The normalized spacial score (nSPS) is 12.5. The number of aromatic nitrogens is 1. The van der Waals surface area contributed by atoms with E-state index in [0.717, 1.165) is 5.69 Å². The molecule has 2 heteroatoms. The highest BCUT2D eigenvalue weighted by Gasteiger charge is 1.99. The Labute approximate surface area is 60.6 Å². The molecule has 0 aliphatic heterocycles. The zero-order valence-corrected chi connectivity index (χ0v) is 5.99. The van der Waals surface area contributed by atoms with E-state index >= 15 is 0 Å². The first-order chi connectivity index (χ1) is 4.84. The van der Waals surface area contributed by atoms with Gasteiger partial charge in [0.15, 0.2) is 0 Å². The lowest BCUT2D eigenvalue weighted by Crippen LogP contribution is -1.90. The van der Waals surface area contributed by atoms with E-state index in [4.69, 9.17) is 0 Å². The molecule has 0 saturated heterocycles. The molecule has 0 spiro atoms. The van der Waals surface area contributed by atoms with Crippen molar-refractivity contribution >= 4 is 6.72 Å². The van der Waals surface area contributed by atoms with E-state index in [1.165, 1.54) is 0 Å². The van der Waals surface area contributed by atoms with Crippen LogP contribution in [0.1, 0.15) is 18.7 Å². The van der Waals surface area contributed by atoms with Crippen molar-refractivity contribution in [3.8, 4) is 0 Å². The molecule has 1 heterocycles. The summed E-state index contributed by atoms with van der Waals surface area (Å²) < 4.78 is 0. The fourth-order valence-corrected chi connectivity index (χ4v) is 0.717. The topological polar surface area (TPSA) is 25.2 Å². The minimum atomic E-state index is 0.112. The average molecular weight is 134 g/mol. The van der Waals surface area contributed by atoms with Crippen LogP contribution in [-0.2, 0) is 0 Å². The molecule has 0 aliphatic carbocycles. The number of hydrogen-bond donors (Lipinski definition) is 0. The molecule has 0 fully saturated rings. The zero-order valence-electron chi connectivity index (χ0n) is 5.99. The van der Waals surface area contributed by atoms with Gasteiger partial charge in [0, 0.05) is 6.20 Å². The maximum absolute atomic E-state index is 4.12. The lowest BCUT2D eigenvalue weighted by Gasteiger charge is -2.01. The summed E-state index contributed by atoms with van der Waals surface area (Å²) in [5.74, 6) is 0. The summed E-state index contributed by atoms with van der Waals surface area (Å²) in [6.45, 7) is 5.41. The van der Waals surface area contributed by atoms with Crippen LogP contribution in [0.2, 0.25) is 0 Å². The first-order valence-corrected chi connectivity index (χ1v) is 3.21. The van der Waals surface area contributed by atoms with E-state index < -0.39 is 0 Å². The predicted octanol–water partition coefficient (Wildman–Crippen LogP) is 1.84. The molecule has 0 aromatic carbocycles. The van der Waals surface area contributed by atoms with Gasteiger partial charge in [-0.05, 0) is 25.8 Å².